The Morgan fingerprint density at radius 3 is 2.44 bits per heavy atom. The Kier molecular flexibility index (Phi) is 6.02. The van der Waals surface area contributed by atoms with Crippen molar-refractivity contribution >= 4 is 34.6 Å². The number of benzene rings is 1. The molecule has 7 heteroatoms. The molecule has 32 heavy (non-hydrogen) atoms. The number of anilines is 2. The lowest BCUT2D eigenvalue weighted by molar-refractivity contribution is -0.114. The molecule has 166 valence electrons. The number of amides is 1. The van der Waals surface area contributed by atoms with Crippen LogP contribution in [0.5, 0.6) is 0 Å². The summed E-state index contributed by atoms with van der Waals surface area (Å²) in [6.07, 6.45) is 1.82. The summed E-state index contributed by atoms with van der Waals surface area (Å²) in [6.45, 7) is 10.2. The molecule has 6 nitrogen and oxygen atoms in total. The van der Waals surface area contributed by atoms with E-state index in [0.29, 0.717) is 11.2 Å². The monoisotopic (exact) mass is 447 g/mol. The quantitative estimate of drug-likeness (QED) is 0.525. The number of nitrogens with zero attached hydrogens (tertiary/aromatic N) is 3. The van der Waals surface area contributed by atoms with Gasteiger partial charge in [0.05, 0.1) is 17.8 Å². The largest absolute Gasteiger partial charge is 0.351 e. The van der Waals surface area contributed by atoms with Crippen LogP contribution in [0.25, 0.3) is 0 Å². The second kappa shape index (κ2) is 8.74. The molecule has 1 fully saturated rings. The van der Waals surface area contributed by atoms with Crippen molar-refractivity contribution in [2.24, 2.45) is 0 Å². The molecule has 2 aromatic heterocycles. The number of aryl methyl sites for hydroxylation is 1. The van der Waals surface area contributed by atoms with Crippen LogP contribution in [0.1, 0.15) is 61.5 Å². The minimum atomic E-state index is -0.0923. The van der Waals surface area contributed by atoms with E-state index in [1.807, 2.05) is 48.7 Å². The van der Waals surface area contributed by atoms with Gasteiger partial charge in [-0.05, 0) is 87.9 Å². The highest BCUT2D eigenvalue weighted by Crippen LogP contribution is 2.43. The normalized spacial score (nSPS) is 18.2. The van der Waals surface area contributed by atoms with Gasteiger partial charge < -0.3 is 20.1 Å². The molecule has 1 aliphatic heterocycles. The lowest BCUT2D eigenvalue weighted by atomic mass is 9.96. The molecule has 0 bridgehead atoms. The molecule has 1 amide bonds. The molecule has 0 radical (unpaired) electrons. The van der Waals surface area contributed by atoms with Crippen LogP contribution in [0, 0.1) is 13.8 Å². The number of carbonyl (C=O) groups excluding carboxylic acids is 1. The van der Waals surface area contributed by atoms with E-state index in [0.717, 1.165) is 17.1 Å². The van der Waals surface area contributed by atoms with Crippen molar-refractivity contribution in [3.05, 3.63) is 77.4 Å². The average Bonchev–Trinajstić information content (AvgIpc) is 3.24. The van der Waals surface area contributed by atoms with Gasteiger partial charge in [-0.15, -0.1) is 0 Å². The first kappa shape index (κ1) is 22.0. The maximum atomic E-state index is 11.4. The van der Waals surface area contributed by atoms with Crippen molar-refractivity contribution in [3.63, 3.8) is 0 Å². The third-order valence-corrected chi connectivity index (χ3v) is 6.24. The van der Waals surface area contributed by atoms with Gasteiger partial charge in [0, 0.05) is 41.9 Å². The fourth-order valence-corrected chi connectivity index (χ4v) is 5.10. The van der Waals surface area contributed by atoms with Crippen LogP contribution in [0.15, 0.2) is 54.7 Å². The lowest BCUT2D eigenvalue weighted by Crippen LogP contribution is -2.29. The van der Waals surface area contributed by atoms with Crippen molar-refractivity contribution in [2.75, 3.05) is 10.2 Å². The Morgan fingerprint density at radius 1 is 1.16 bits per heavy atom. The fourth-order valence-electron chi connectivity index (χ4n) is 4.75. The minimum absolute atomic E-state index is 0.0530. The number of pyridine rings is 1. The smallest absolute Gasteiger partial charge is 0.221 e. The average molecular weight is 448 g/mol. The Labute approximate surface area is 194 Å². The van der Waals surface area contributed by atoms with Crippen LogP contribution in [0.4, 0.5) is 11.4 Å². The highest BCUT2D eigenvalue weighted by atomic mass is 32.1. The van der Waals surface area contributed by atoms with Crippen LogP contribution in [0.3, 0.4) is 0 Å². The van der Waals surface area contributed by atoms with E-state index in [1.165, 1.54) is 23.9 Å². The zero-order chi connectivity index (χ0) is 23.0. The number of thiocarbonyl (C=S) groups is 1. The van der Waals surface area contributed by atoms with Crippen LogP contribution < -0.4 is 15.5 Å². The van der Waals surface area contributed by atoms with Gasteiger partial charge in [-0.3, -0.25) is 9.78 Å². The Balaban J connectivity index is 1.82. The molecule has 0 unspecified atom stereocenters. The number of hydrogen-bond donors (Lipinski definition) is 2. The van der Waals surface area contributed by atoms with Crippen LogP contribution in [-0.4, -0.2) is 20.6 Å². The van der Waals surface area contributed by atoms with Crippen molar-refractivity contribution in [1.82, 2.24) is 14.9 Å². The predicted molar refractivity (Wildman–Crippen MR) is 133 cm³/mol. The Bertz CT molecular complexity index is 1140. The van der Waals surface area contributed by atoms with E-state index in [2.05, 4.69) is 58.8 Å². The van der Waals surface area contributed by atoms with Crippen molar-refractivity contribution in [1.29, 1.82) is 0 Å². The summed E-state index contributed by atoms with van der Waals surface area (Å²) < 4.78 is 2.37. The topological polar surface area (TPSA) is 62.2 Å². The van der Waals surface area contributed by atoms with Crippen LogP contribution >= 0.6 is 12.2 Å². The van der Waals surface area contributed by atoms with Crippen LogP contribution in [0.2, 0.25) is 0 Å². The van der Waals surface area contributed by atoms with E-state index in [1.54, 1.807) is 0 Å². The molecule has 0 spiro atoms. The third-order valence-electron chi connectivity index (χ3n) is 5.92. The minimum Gasteiger partial charge on any atom is -0.351 e. The summed E-state index contributed by atoms with van der Waals surface area (Å²) in [5.41, 5.74) is 6.36. The summed E-state index contributed by atoms with van der Waals surface area (Å²) in [6, 6.07) is 16.3. The van der Waals surface area contributed by atoms with E-state index in [4.69, 9.17) is 12.2 Å². The first-order valence-electron chi connectivity index (χ1n) is 10.8. The highest BCUT2D eigenvalue weighted by molar-refractivity contribution is 7.80. The molecule has 0 aliphatic carbocycles. The SMILES string of the molecule is CC(=O)Nc1ccc(N2C(=S)N[C@H](c3ccccn3)[C@H]2c2cc(C)n(C(C)C)c2C)cc1. The Hall–Kier alpha value is -3.19. The first-order valence-corrected chi connectivity index (χ1v) is 11.3. The van der Waals surface area contributed by atoms with Crippen LogP contribution in [-0.2, 0) is 4.79 Å². The van der Waals surface area contributed by atoms with E-state index in [9.17, 15) is 4.79 Å². The van der Waals surface area contributed by atoms with Gasteiger partial charge in [0.15, 0.2) is 5.11 Å². The molecule has 1 aromatic carbocycles. The first-order chi connectivity index (χ1) is 15.3. The summed E-state index contributed by atoms with van der Waals surface area (Å²) in [7, 11) is 0. The van der Waals surface area contributed by atoms with Crippen molar-refractivity contribution in [3.8, 4) is 0 Å². The fraction of sp³-hybridized carbons (Fsp3) is 0.320. The number of rotatable bonds is 5. The highest BCUT2D eigenvalue weighted by Gasteiger charge is 2.42. The second-order valence-electron chi connectivity index (χ2n) is 8.51. The molecule has 1 saturated heterocycles. The molecular formula is C25H29N5OS. The molecule has 1 aliphatic rings. The van der Waals surface area contributed by atoms with Gasteiger partial charge in [0.2, 0.25) is 5.91 Å². The summed E-state index contributed by atoms with van der Waals surface area (Å²) >= 11 is 5.82. The lowest BCUT2D eigenvalue weighted by Gasteiger charge is -2.28. The molecule has 2 N–H and O–H groups in total. The Morgan fingerprint density at radius 2 is 1.88 bits per heavy atom. The van der Waals surface area contributed by atoms with Crippen molar-refractivity contribution in [2.45, 2.75) is 52.7 Å². The predicted octanol–water partition coefficient (Wildman–Crippen LogP) is 5.22. The maximum absolute atomic E-state index is 11.4. The van der Waals surface area contributed by atoms with E-state index >= 15 is 0 Å². The molecule has 2 atom stereocenters. The summed E-state index contributed by atoms with van der Waals surface area (Å²) in [4.78, 5) is 18.2. The molecule has 3 heterocycles. The number of aromatic nitrogens is 2. The number of carbonyl (C=O) groups is 1. The zero-order valence-electron chi connectivity index (χ0n) is 19.1. The molecular weight excluding hydrogens is 418 g/mol. The van der Waals surface area contributed by atoms with Gasteiger partial charge in [-0.1, -0.05) is 6.07 Å². The van der Waals surface area contributed by atoms with E-state index in [-0.39, 0.29) is 18.0 Å². The number of nitrogens with one attached hydrogen (secondary N) is 2. The van der Waals surface area contributed by atoms with E-state index < -0.39 is 0 Å². The standard InChI is InChI=1S/C25H29N5OS/c1-15(2)29-16(3)14-21(17(29)4)24-23(22-8-6-7-13-26-22)28-25(32)30(24)20-11-9-19(10-12-20)27-18(5)31/h6-15,23-24H,1-5H3,(H,27,31)(H,28,32)/t23-,24-/m1/s1. The summed E-state index contributed by atoms with van der Waals surface area (Å²) in [5, 5.41) is 7.00. The van der Waals surface area contributed by atoms with Gasteiger partial charge in [0.25, 0.3) is 0 Å². The zero-order valence-corrected chi connectivity index (χ0v) is 19.9. The maximum Gasteiger partial charge on any atom is 0.221 e. The van der Waals surface area contributed by atoms with Gasteiger partial charge in [0.1, 0.15) is 0 Å². The third kappa shape index (κ3) is 4.00. The number of hydrogen-bond acceptors (Lipinski definition) is 3. The summed E-state index contributed by atoms with van der Waals surface area (Å²) in [5.74, 6) is -0.0923. The molecule has 3 aromatic rings. The van der Waals surface area contributed by atoms with Gasteiger partial charge >= 0.3 is 0 Å². The molecule has 4 rings (SSSR count). The molecule has 0 saturated carbocycles. The van der Waals surface area contributed by atoms with Gasteiger partial charge in [-0.25, -0.2) is 0 Å². The van der Waals surface area contributed by atoms with Gasteiger partial charge in [-0.2, -0.15) is 0 Å². The van der Waals surface area contributed by atoms with Crippen molar-refractivity contribution < 1.29 is 4.79 Å². The second-order valence-corrected chi connectivity index (χ2v) is 8.90.